The summed E-state index contributed by atoms with van der Waals surface area (Å²) in [4.78, 5) is 17.7. The fourth-order valence-electron chi connectivity index (χ4n) is 4.81. The van der Waals surface area contributed by atoms with E-state index in [4.69, 9.17) is 0 Å². The molecule has 1 aromatic carbocycles. The van der Waals surface area contributed by atoms with Gasteiger partial charge < -0.3 is 14.9 Å². The molecule has 142 valence electrons. The van der Waals surface area contributed by atoms with Crippen molar-refractivity contribution in [3.63, 3.8) is 0 Å². The molecule has 0 radical (unpaired) electrons. The van der Waals surface area contributed by atoms with Crippen LogP contribution < -0.4 is 0 Å². The summed E-state index contributed by atoms with van der Waals surface area (Å²) in [6.45, 7) is 4.80. The normalized spacial score (nSPS) is 28.3. The van der Waals surface area contributed by atoms with Gasteiger partial charge in [-0.25, -0.2) is 4.39 Å². The Labute approximate surface area is 155 Å². The summed E-state index contributed by atoms with van der Waals surface area (Å²) in [5.74, 6) is 0.430. The van der Waals surface area contributed by atoms with E-state index in [1.807, 2.05) is 4.90 Å². The second-order valence-corrected chi connectivity index (χ2v) is 8.36. The average Bonchev–Trinajstić information content (AvgIpc) is 3.38. The zero-order valence-corrected chi connectivity index (χ0v) is 15.4. The number of rotatable bonds is 5. The smallest absolute Gasteiger partial charge is 0.233 e. The molecule has 3 aliphatic rings. The quantitative estimate of drug-likeness (QED) is 0.877. The second-order valence-electron chi connectivity index (χ2n) is 8.36. The minimum Gasteiger partial charge on any atom is -0.396 e. The molecule has 2 aliphatic heterocycles. The lowest BCUT2D eigenvalue weighted by Gasteiger charge is -2.30. The molecule has 0 spiro atoms. The van der Waals surface area contributed by atoms with Gasteiger partial charge in [0.1, 0.15) is 5.82 Å². The summed E-state index contributed by atoms with van der Waals surface area (Å²) in [6.07, 6.45) is 5.51. The van der Waals surface area contributed by atoms with Crippen molar-refractivity contribution in [1.29, 1.82) is 0 Å². The number of nitrogens with zero attached hydrogens (tertiary/aromatic N) is 2. The van der Waals surface area contributed by atoms with Crippen LogP contribution in [-0.4, -0.2) is 60.1 Å². The van der Waals surface area contributed by atoms with Crippen molar-refractivity contribution in [2.45, 2.75) is 37.5 Å². The third-order valence-corrected chi connectivity index (χ3v) is 6.60. The molecule has 1 aliphatic carbocycles. The molecule has 1 N–H and O–H groups in total. The maximum Gasteiger partial charge on any atom is 0.233 e. The van der Waals surface area contributed by atoms with Gasteiger partial charge in [-0.1, -0.05) is 18.6 Å². The zero-order chi connectivity index (χ0) is 18.1. The molecule has 0 unspecified atom stereocenters. The van der Waals surface area contributed by atoms with Crippen LogP contribution in [0.25, 0.3) is 0 Å². The van der Waals surface area contributed by atoms with Crippen molar-refractivity contribution < 1.29 is 14.3 Å². The fraction of sp³-hybridized carbons (Fsp3) is 0.667. The number of hydrogen-bond donors (Lipinski definition) is 1. The molecule has 4 nitrogen and oxygen atoms in total. The molecule has 26 heavy (non-hydrogen) atoms. The predicted octanol–water partition coefficient (Wildman–Crippen LogP) is 2.41. The molecular weight excluding hydrogens is 331 g/mol. The van der Waals surface area contributed by atoms with Gasteiger partial charge in [0.25, 0.3) is 0 Å². The Hall–Kier alpha value is -1.46. The summed E-state index contributed by atoms with van der Waals surface area (Å²) in [5.41, 5.74) is 0.484. The van der Waals surface area contributed by atoms with E-state index in [0.29, 0.717) is 12.5 Å². The standard InChI is InChI=1S/C21H29FN2O2/c22-19-6-4-18(5-7-19)21(8-9-21)20(26)24-13-16(17(14-24)15-25)12-23-10-2-1-3-11-23/h4-7,16-17,25H,1-3,8-15H2/t16-,17-/m0/s1. The van der Waals surface area contributed by atoms with Gasteiger partial charge in [0.2, 0.25) is 5.91 Å². The molecule has 5 heteroatoms. The van der Waals surface area contributed by atoms with Gasteiger partial charge in [-0.3, -0.25) is 4.79 Å². The van der Waals surface area contributed by atoms with Crippen molar-refractivity contribution in [2.75, 3.05) is 39.3 Å². The summed E-state index contributed by atoms with van der Waals surface area (Å²) in [5, 5.41) is 9.83. The number of likely N-dealkylation sites (tertiary alicyclic amines) is 2. The lowest BCUT2D eigenvalue weighted by Crippen LogP contribution is -2.39. The Morgan fingerprint density at radius 1 is 1.08 bits per heavy atom. The van der Waals surface area contributed by atoms with Crippen LogP contribution in [-0.2, 0) is 10.2 Å². The maximum absolute atomic E-state index is 13.3. The maximum atomic E-state index is 13.3. The number of benzene rings is 1. The highest BCUT2D eigenvalue weighted by Gasteiger charge is 2.54. The molecule has 3 fully saturated rings. The van der Waals surface area contributed by atoms with Crippen LogP contribution >= 0.6 is 0 Å². The van der Waals surface area contributed by atoms with E-state index in [1.54, 1.807) is 12.1 Å². The number of hydrogen-bond acceptors (Lipinski definition) is 3. The van der Waals surface area contributed by atoms with Crippen molar-refractivity contribution in [3.05, 3.63) is 35.6 Å². The largest absolute Gasteiger partial charge is 0.396 e. The lowest BCUT2D eigenvalue weighted by molar-refractivity contribution is -0.133. The Morgan fingerprint density at radius 2 is 1.73 bits per heavy atom. The Kier molecular flexibility index (Phi) is 5.02. The van der Waals surface area contributed by atoms with Crippen LogP contribution in [0.2, 0.25) is 0 Å². The van der Waals surface area contributed by atoms with E-state index < -0.39 is 5.41 Å². The van der Waals surface area contributed by atoms with Gasteiger partial charge in [0.15, 0.2) is 0 Å². The van der Waals surface area contributed by atoms with Crippen LogP contribution in [0, 0.1) is 17.7 Å². The van der Waals surface area contributed by atoms with Crippen molar-refractivity contribution >= 4 is 5.91 Å². The van der Waals surface area contributed by atoms with Crippen molar-refractivity contribution in [3.8, 4) is 0 Å². The number of halogens is 1. The Balaban J connectivity index is 1.44. The summed E-state index contributed by atoms with van der Waals surface area (Å²) in [6, 6.07) is 6.40. The summed E-state index contributed by atoms with van der Waals surface area (Å²) >= 11 is 0. The van der Waals surface area contributed by atoms with Crippen LogP contribution in [0.1, 0.15) is 37.7 Å². The molecule has 2 heterocycles. The summed E-state index contributed by atoms with van der Waals surface area (Å²) < 4.78 is 13.2. The minimum absolute atomic E-state index is 0.145. The Morgan fingerprint density at radius 3 is 2.35 bits per heavy atom. The number of amides is 1. The molecular formula is C21H29FN2O2. The van der Waals surface area contributed by atoms with Gasteiger partial charge in [0, 0.05) is 32.2 Å². The molecule has 0 bridgehead atoms. The molecule has 0 aromatic heterocycles. The monoisotopic (exact) mass is 360 g/mol. The second kappa shape index (κ2) is 7.28. The van der Waals surface area contributed by atoms with Crippen molar-refractivity contribution in [2.24, 2.45) is 11.8 Å². The van der Waals surface area contributed by atoms with E-state index >= 15 is 0 Å². The number of piperidine rings is 1. The highest BCUT2D eigenvalue weighted by atomic mass is 19.1. The zero-order valence-electron chi connectivity index (χ0n) is 15.4. The van der Waals surface area contributed by atoms with Gasteiger partial charge in [-0.05, 0) is 62.4 Å². The molecule has 1 saturated carbocycles. The number of carbonyl (C=O) groups excluding carboxylic acids is 1. The number of carbonyl (C=O) groups is 1. The molecule has 2 saturated heterocycles. The molecule has 1 aromatic rings. The lowest BCUT2D eigenvalue weighted by atomic mass is 9.94. The van der Waals surface area contributed by atoms with E-state index in [9.17, 15) is 14.3 Å². The third kappa shape index (κ3) is 3.39. The van der Waals surface area contributed by atoms with Crippen molar-refractivity contribution in [1.82, 2.24) is 9.80 Å². The molecule has 4 rings (SSSR count). The minimum atomic E-state index is -0.451. The first-order valence-electron chi connectivity index (χ1n) is 10.0. The fourth-order valence-corrected chi connectivity index (χ4v) is 4.81. The molecule has 2 atom stereocenters. The highest BCUT2D eigenvalue weighted by Crippen LogP contribution is 2.50. The average molecular weight is 360 g/mol. The number of aliphatic hydroxyl groups is 1. The van der Waals surface area contributed by atoms with Crippen LogP contribution in [0.5, 0.6) is 0 Å². The van der Waals surface area contributed by atoms with Gasteiger partial charge in [0.05, 0.1) is 5.41 Å². The first-order valence-corrected chi connectivity index (χ1v) is 10.0. The topological polar surface area (TPSA) is 43.8 Å². The highest BCUT2D eigenvalue weighted by molar-refractivity contribution is 5.91. The first-order chi connectivity index (χ1) is 12.6. The van der Waals surface area contributed by atoms with Gasteiger partial charge in [-0.2, -0.15) is 0 Å². The number of aliphatic hydroxyl groups excluding tert-OH is 1. The van der Waals surface area contributed by atoms with Gasteiger partial charge in [-0.15, -0.1) is 0 Å². The van der Waals surface area contributed by atoms with Crippen LogP contribution in [0.4, 0.5) is 4.39 Å². The SMILES string of the molecule is O=C(N1C[C@@H](CO)[C@@H](CN2CCCCC2)C1)C1(c2ccc(F)cc2)CC1. The first kappa shape index (κ1) is 17.9. The predicted molar refractivity (Wildman–Crippen MR) is 98.2 cm³/mol. The van der Waals surface area contributed by atoms with Gasteiger partial charge >= 0.3 is 0 Å². The third-order valence-electron chi connectivity index (χ3n) is 6.60. The van der Waals surface area contributed by atoms with E-state index in [-0.39, 0.29) is 24.2 Å². The van der Waals surface area contributed by atoms with E-state index in [1.165, 1.54) is 31.4 Å². The molecule has 1 amide bonds. The van der Waals surface area contributed by atoms with E-state index in [2.05, 4.69) is 4.90 Å². The summed E-state index contributed by atoms with van der Waals surface area (Å²) in [7, 11) is 0. The van der Waals surface area contributed by atoms with E-state index in [0.717, 1.165) is 44.6 Å². The van der Waals surface area contributed by atoms with Crippen LogP contribution in [0.15, 0.2) is 24.3 Å². The van der Waals surface area contributed by atoms with Crippen LogP contribution in [0.3, 0.4) is 0 Å². The Bertz CT molecular complexity index is 638.